The first-order chi connectivity index (χ1) is 14.0. The van der Waals surface area contributed by atoms with Gasteiger partial charge in [0.2, 0.25) is 0 Å². The number of guanidine groups is 1. The van der Waals surface area contributed by atoms with E-state index in [-0.39, 0.29) is 24.0 Å². The number of hydrogen-bond donors (Lipinski definition) is 2. The van der Waals surface area contributed by atoms with E-state index < -0.39 is 0 Å². The standard InChI is InChI=1S/C22H30N6S.HI/c1-6-23-22(24-13-12-21-26-15(2)18(5)29-21)25-14-20-16(3)27-28(17(20)4)19-10-8-7-9-11-19;/h7-11H,6,12-14H2,1-5H3,(H2,23,24,25);1H. The Kier molecular flexibility index (Phi) is 9.29. The van der Waals surface area contributed by atoms with E-state index in [1.165, 1.54) is 9.88 Å². The smallest absolute Gasteiger partial charge is 0.191 e. The highest BCUT2D eigenvalue weighted by Gasteiger charge is 2.12. The van der Waals surface area contributed by atoms with E-state index in [1.54, 1.807) is 11.3 Å². The topological polar surface area (TPSA) is 67.1 Å². The summed E-state index contributed by atoms with van der Waals surface area (Å²) < 4.78 is 1.99. The molecular weight excluding hydrogens is 507 g/mol. The van der Waals surface area contributed by atoms with Crippen LogP contribution >= 0.6 is 35.3 Å². The fraction of sp³-hybridized carbons (Fsp3) is 0.409. The number of thiazole rings is 1. The minimum atomic E-state index is 0. The van der Waals surface area contributed by atoms with Gasteiger partial charge in [0.15, 0.2) is 5.96 Å². The van der Waals surface area contributed by atoms with E-state index in [2.05, 4.69) is 55.4 Å². The van der Waals surface area contributed by atoms with Gasteiger partial charge in [-0.25, -0.2) is 14.7 Å². The van der Waals surface area contributed by atoms with Crippen molar-refractivity contribution in [2.45, 2.75) is 47.6 Å². The molecule has 3 rings (SSSR count). The zero-order valence-electron chi connectivity index (χ0n) is 18.3. The molecule has 0 saturated carbocycles. The Bertz CT molecular complexity index is 958. The number of aliphatic imine (C=N–C) groups is 1. The van der Waals surface area contributed by atoms with Gasteiger partial charge in [-0.1, -0.05) is 18.2 Å². The lowest BCUT2D eigenvalue weighted by atomic mass is 10.2. The molecule has 0 aliphatic rings. The molecule has 6 nitrogen and oxygen atoms in total. The number of nitrogens with zero attached hydrogens (tertiary/aromatic N) is 4. The molecule has 1 aromatic carbocycles. The van der Waals surface area contributed by atoms with Crippen LogP contribution in [0, 0.1) is 27.7 Å². The summed E-state index contributed by atoms with van der Waals surface area (Å²) in [7, 11) is 0. The van der Waals surface area contributed by atoms with E-state index in [0.717, 1.165) is 53.8 Å². The van der Waals surface area contributed by atoms with Crippen LogP contribution in [0.15, 0.2) is 35.3 Å². The summed E-state index contributed by atoms with van der Waals surface area (Å²) in [5.41, 5.74) is 5.51. The highest BCUT2D eigenvalue weighted by molar-refractivity contribution is 14.0. The Hall–Kier alpha value is -1.94. The molecule has 0 aliphatic heterocycles. The molecule has 0 atom stereocenters. The van der Waals surface area contributed by atoms with Crippen molar-refractivity contribution >= 4 is 41.3 Å². The molecule has 2 heterocycles. The van der Waals surface area contributed by atoms with Crippen molar-refractivity contribution in [2.24, 2.45) is 4.99 Å². The normalized spacial score (nSPS) is 11.3. The van der Waals surface area contributed by atoms with E-state index in [9.17, 15) is 0 Å². The number of rotatable bonds is 7. The molecule has 0 fully saturated rings. The average molecular weight is 539 g/mol. The fourth-order valence-electron chi connectivity index (χ4n) is 3.16. The molecule has 0 saturated heterocycles. The van der Waals surface area contributed by atoms with Gasteiger partial charge < -0.3 is 10.6 Å². The third-order valence-electron chi connectivity index (χ3n) is 4.89. The quantitative estimate of drug-likeness (QED) is 0.265. The van der Waals surface area contributed by atoms with Crippen LogP contribution in [-0.2, 0) is 13.0 Å². The maximum Gasteiger partial charge on any atom is 0.191 e. The predicted octanol–water partition coefficient (Wildman–Crippen LogP) is 4.48. The third-order valence-corrected chi connectivity index (χ3v) is 6.02. The molecule has 8 heteroatoms. The van der Waals surface area contributed by atoms with Crippen LogP contribution in [0.3, 0.4) is 0 Å². The molecule has 2 N–H and O–H groups in total. The van der Waals surface area contributed by atoms with Gasteiger partial charge in [-0.15, -0.1) is 35.3 Å². The maximum atomic E-state index is 4.79. The SMILES string of the molecule is CCNC(=NCc1c(C)nn(-c2ccccc2)c1C)NCCc1nc(C)c(C)s1.I. The van der Waals surface area contributed by atoms with E-state index in [0.29, 0.717) is 6.54 Å². The minimum Gasteiger partial charge on any atom is -0.357 e. The Balaban J connectivity index is 0.00000320. The Morgan fingerprint density at radius 2 is 1.80 bits per heavy atom. The summed E-state index contributed by atoms with van der Waals surface area (Å²) >= 11 is 1.77. The second kappa shape index (κ2) is 11.5. The second-order valence-electron chi connectivity index (χ2n) is 7.02. The molecule has 0 amide bonds. The molecule has 0 spiro atoms. The highest BCUT2D eigenvalue weighted by atomic mass is 127. The van der Waals surface area contributed by atoms with Crippen LogP contribution in [-0.4, -0.2) is 33.8 Å². The van der Waals surface area contributed by atoms with Crippen LogP contribution in [0.25, 0.3) is 5.69 Å². The number of aromatic nitrogens is 3. The van der Waals surface area contributed by atoms with Crippen LogP contribution in [0.5, 0.6) is 0 Å². The van der Waals surface area contributed by atoms with Gasteiger partial charge in [0, 0.05) is 35.6 Å². The van der Waals surface area contributed by atoms with Crippen molar-refractivity contribution in [2.75, 3.05) is 13.1 Å². The number of benzene rings is 1. The van der Waals surface area contributed by atoms with Crippen LogP contribution in [0.4, 0.5) is 0 Å². The fourth-order valence-corrected chi connectivity index (χ4v) is 4.09. The van der Waals surface area contributed by atoms with Crippen molar-refractivity contribution in [3.05, 3.63) is 62.9 Å². The summed E-state index contributed by atoms with van der Waals surface area (Å²) in [6, 6.07) is 10.2. The first-order valence-electron chi connectivity index (χ1n) is 10.0. The number of para-hydroxylation sites is 1. The monoisotopic (exact) mass is 538 g/mol. The van der Waals surface area contributed by atoms with Gasteiger partial charge >= 0.3 is 0 Å². The van der Waals surface area contributed by atoms with Gasteiger partial charge in [-0.3, -0.25) is 0 Å². The summed E-state index contributed by atoms with van der Waals surface area (Å²) in [5.74, 6) is 0.823. The Labute approximate surface area is 200 Å². The zero-order valence-corrected chi connectivity index (χ0v) is 21.5. The minimum absolute atomic E-state index is 0. The molecular formula is C22H31IN6S. The average Bonchev–Trinajstić information content (AvgIpc) is 3.18. The molecule has 0 bridgehead atoms. The van der Waals surface area contributed by atoms with Gasteiger partial charge in [0.25, 0.3) is 0 Å². The lowest BCUT2D eigenvalue weighted by molar-refractivity contribution is 0.794. The van der Waals surface area contributed by atoms with Crippen molar-refractivity contribution in [1.29, 1.82) is 0 Å². The molecule has 0 aliphatic carbocycles. The number of aryl methyl sites for hydroxylation is 3. The largest absolute Gasteiger partial charge is 0.357 e. The van der Waals surface area contributed by atoms with Gasteiger partial charge in [-0.2, -0.15) is 5.10 Å². The van der Waals surface area contributed by atoms with E-state index in [1.807, 2.05) is 29.8 Å². The first-order valence-corrected chi connectivity index (χ1v) is 10.9. The molecule has 2 aromatic heterocycles. The lowest BCUT2D eigenvalue weighted by Gasteiger charge is -2.11. The molecule has 3 aromatic rings. The van der Waals surface area contributed by atoms with Crippen molar-refractivity contribution < 1.29 is 0 Å². The van der Waals surface area contributed by atoms with Gasteiger partial charge in [-0.05, 0) is 46.8 Å². The predicted molar refractivity (Wildman–Crippen MR) is 137 cm³/mol. The molecule has 0 radical (unpaired) electrons. The summed E-state index contributed by atoms with van der Waals surface area (Å²) in [6.45, 7) is 12.6. The molecule has 162 valence electrons. The van der Waals surface area contributed by atoms with Crippen molar-refractivity contribution in [3.8, 4) is 5.69 Å². The maximum absolute atomic E-state index is 4.79. The lowest BCUT2D eigenvalue weighted by Crippen LogP contribution is -2.38. The van der Waals surface area contributed by atoms with E-state index >= 15 is 0 Å². The summed E-state index contributed by atoms with van der Waals surface area (Å²) in [6.07, 6.45) is 0.897. The van der Waals surface area contributed by atoms with Crippen molar-refractivity contribution in [1.82, 2.24) is 25.4 Å². The van der Waals surface area contributed by atoms with E-state index in [4.69, 9.17) is 10.1 Å². The Morgan fingerprint density at radius 1 is 1.07 bits per heavy atom. The zero-order chi connectivity index (χ0) is 20.8. The highest BCUT2D eigenvalue weighted by Crippen LogP contribution is 2.19. The third kappa shape index (κ3) is 6.04. The van der Waals surface area contributed by atoms with Gasteiger partial charge in [0.05, 0.1) is 28.6 Å². The van der Waals surface area contributed by atoms with Crippen LogP contribution in [0.1, 0.15) is 39.5 Å². The van der Waals surface area contributed by atoms with Crippen LogP contribution < -0.4 is 10.6 Å². The van der Waals surface area contributed by atoms with Gasteiger partial charge in [0.1, 0.15) is 0 Å². The summed E-state index contributed by atoms with van der Waals surface area (Å²) in [5, 5.41) is 12.6. The van der Waals surface area contributed by atoms with Crippen LogP contribution in [0.2, 0.25) is 0 Å². The van der Waals surface area contributed by atoms with Crippen molar-refractivity contribution in [3.63, 3.8) is 0 Å². The number of nitrogens with one attached hydrogen (secondary N) is 2. The number of halogens is 1. The molecule has 30 heavy (non-hydrogen) atoms. The summed E-state index contributed by atoms with van der Waals surface area (Å²) in [4.78, 5) is 10.7. The molecule has 0 unspecified atom stereocenters. The number of hydrogen-bond acceptors (Lipinski definition) is 4. The second-order valence-corrected chi connectivity index (χ2v) is 8.31. The first kappa shape index (κ1) is 24.3. The Morgan fingerprint density at radius 3 is 2.43 bits per heavy atom.